The first kappa shape index (κ1) is 13.5. The van der Waals surface area contributed by atoms with Gasteiger partial charge in [-0.1, -0.05) is 18.2 Å². The van der Waals surface area contributed by atoms with Crippen LogP contribution in [0.15, 0.2) is 42.0 Å². The highest BCUT2D eigenvalue weighted by molar-refractivity contribution is 7.15. The largest absolute Gasteiger partial charge is 0.309 e. The SMILES string of the molecule is C[C@@H]1CCc2ccccc2N1C(=O)Cc1cn2ccsc2n1. The van der Waals surface area contributed by atoms with Gasteiger partial charge in [0.25, 0.3) is 0 Å². The first-order valence-corrected chi connectivity index (χ1v) is 8.41. The third-order valence-electron chi connectivity index (χ3n) is 4.27. The molecule has 4 nitrogen and oxygen atoms in total. The molecule has 0 aliphatic carbocycles. The Labute approximate surface area is 133 Å². The van der Waals surface area contributed by atoms with E-state index in [0.29, 0.717) is 6.42 Å². The number of fused-ring (bicyclic) bond motifs is 2. The number of thiazole rings is 1. The molecule has 0 radical (unpaired) electrons. The van der Waals surface area contributed by atoms with Gasteiger partial charge in [0.05, 0.1) is 12.1 Å². The minimum atomic E-state index is 0.130. The van der Waals surface area contributed by atoms with Crippen molar-refractivity contribution in [2.75, 3.05) is 4.90 Å². The van der Waals surface area contributed by atoms with Crippen molar-refractivity contribution in [3.8, 4) is 0 Å². The summed E-state index contributed by atoms with van der Waals surface area (Å²) in [6, 6.07) is 8.46. The van der Waals surface area contributed by atoms with Crippen molar-refractivity contribution in [1.82, 2.24) is 9.38 Å². The van der Waals surface area contributed by atoms with Crippen LogP contribution in [0.3, 0.4) is 0 Å². The first-order chi connectivity index (χ1) is 10.7. The Morgan fingerprint density at radius 2 is 2.27 bits per heavy atom. The Kier molecular flexibility index (Phi) is 3.22. The number of hydrogen-bond donors (Lipinski definition) is 0. The topological polar surface area (TPSA) is 37.6 Å². The molecule has 4 rings (SSSR count). The summed E-state index contributed by atoms with van der Waals surface area (Å²) in [5.41, 5.74) is 3.17. The van der Waals surface area contributed by atoms with E-state index in [0.717, 1.165) is 29.2 Å². The lowest BCUT2D eigenvalue weighted by Crippen LogP contribution is -2.43. The summed E-state index contributed by atoms with van der Waals surface area (Å²) in [5.74, 6) is 0.130. The predicted octanol–water partition coefficient (Wildman–Crippen LogP) is 3.31. The van der Waals surface area contributed by atoms with Gasteiger partial charge in [0.15, 0.2) is 4.96 Å². The molecule has 0 bridgehead atoms. The molecule has 1 atom stereocenters. The van der Waals surface area contributed by atoms with Crippen LogP contribution >= 0.6 is 11.3 Å². The van der Waals surface area contributed by atoms with Crippen LogP contribution in [0.1, 0.15) is 24.6 Å². The molecule has 22 heavy (non-hydrogen) atoms. The van der Waals surface area contributed by atoms with E-state index in [9.17, 15) is 4.79 Å². The summed E-state index contributed by atoms with van der Waals surface area (Å²) >= 11 is 1.59. The van der Waals surface area contributed by atoms with E-state index < -0.39 is 0 Å². The number of hydrogen-bond acceptors (Lipinski definition) is 3. The fraction of sp³-hybridized carbons (Fsp3) is 0.294. The normalized spacial score (nSPS) is 17.7. The highest BCUT2D eigenvalue weighted by Gasteiger charge is 2.28. The lowest BCUT2D eigenvalue weighted by molar-refractivity contribution is -0.118. The molecule has 0 unspecified atom stereocenters. The first-order valence-electron chi connectivity index (χ1n) is 7.53. The van der Waals surface area contributed by atoms with E-state index in [1.54, 1.807) is 11.3 Å². The van der Waals surface area contributed by atoms with Crippen LogP contribution in [0.4, 0.5) is 5.69 Å². The van der Waals surface area contributed by atoms with Gasteiger partial charge in [0, 0.05) is 29.5 Å². The summed E-state index contributed by atoms with van der Waals surface area (Å²) in [6.45, 7) is 2.12. The average Bonchev–Trinajstić information content (AvgIpc) is 3.08. The van der Waals surface area contributed by atoms with Crippen LogP contribution < -0.4 is 4.90 Å². The van der Waals surface area contributed by atoms with Gasteiger partial charge >= 0.3 is 0 Å². The van der Waals surface area contributed by atoms with Crippen molar-refractivity contribution >= 4 is 27.9 Å². The fourth-order valence-electron chi connectivity index (χ4n) is 3.17. The second-order valence-corrected chi connectivity index (χ2v) is 6.66. The van der Waals surface area contributed by atoms with Crippen molar-refractivity contribution in [3.63, 3.8) is 0 Å². The Morgan fingerprint density at radius 1 is 1.41 bits per heavy atom. The Morgan fingerprint density at radius 3 is 3.14 bits per heavy atom. The lowest BCUT2D eigenvalue weighted by Gasteiger charge is -2.35. The Bertz CT molecular complexity index is 807. The summed E-state index contributed by atoms with van der Waals surface area (Å²) in [6.07, 6.45) is 6.33. The summed E-state index contributed by atoms with van der Waals surface area (Å²) in [5, 5.41) is 2.00. The molecule has 5 heteroatoms. The number of amides is 1. The lowest BCUT2D eigenvalue weighted by atomic mass is 9.96. The van der Waals surface area contributed by atoms with Gasteiger partial charge in [-0.3, -0.25) is 9.20 Å². The van der Waals surface area contributed by atoms with Crippen molar-refractivity contribution in [3.05, 3.63) is 53.3 Å². The van der Waals surface area contributed by atoms with Gasteiger partial charge < -0.3 is 4.90 Å². The third-order valence-corrected chi connectivity index (χ3v) is 5.04. The highest BCUT2D eigenvalue weighted by atomic mass is 32.1. The van der Waals surface area contributed by atoms with Gasteiger partial charge in [0.1, 0.15) is 0 Å². The maximum Gasteiger partial charge on any atom is 0.233 e. The van der Waals surface area contributed by atoms with Crippen molar-refractivity contribution in [2.45, 2.75) is 32.2 Å². The number of aryl methyl sites for hydroxylation is 1. The number of carbonyl (C=O) groups excluding carboxylic acids is 1. The summed E-state index contributed by atoms with van der Waals surface area (Å²) in [4.78, 5) is 20.2. The van der Waals surface area contributed by atoms with Crippen LogP contribution in [0.25, 0.3) is 4.96 Å². The predicted molar refractivity (Wildman–Crippen MR) is 88.5 cm³/mol. The molecule has 1 amide bonds. The molecule has 1 aromatic carbocycles. The van der Waals surface area contributed by atoms with Gasteiger partial charge in [-0.05, 0) is 31.4 Å². The van der Waals surface area contributed by atoms with Crippen molar-refractivity contribution < 1.29 is 4.79 Å². The quantitative estimate of drug-likeness (QED) is 0.728. The van der Waals surface area contributed by atoms with Crippen LogP contribution in [0, 0.1) is 0 Å². The third kappa shape index (κ3) is 2.22. The zero-order chi connectivity index (χ0) is 15.1. The smallest absolute Gasteiger partial charge is 0.233 e. The minimum absolute atomic E-state index is 0.130. The standard InChI is InChI=1S/C17H17N3OS/c1-12-6-7-13-4-2-3-5-15(13)20(12)16(21)10-14-11-19-8-9-22-17(19)18-14/h2-5,8-9,11-12H,6-7,10H2,1H3/t12-/m1/s1. The number of rotatable bonds is 2. The van der Waals surface area contributed by atoms with Crippen LogP contribution in [0.5, 0.6) is 0 Å². The fourth-order valence-corrected chi connectivity index (χ4v) is 3.89. The van der Waals surface area contributed by atoms with Gasteiger partial charge in [-0.15, -0.1) is 11.3 Å². The summed E-state index contributed by atoms with van der Waals surface area (Å²) in [7, 11) is 0. The average molecular weight is 311 g/mol. The molecule has 0 saturated heterocycles. The zero-order valence-electron chi connectivity index (χ0n) is 12.4. The molecule has 3 heterocycles. The minimum Gasteiger partial charge on any atom is -0.309 e. The van der Waals surface area contributed by atoms with E-state index in [2.05, 4.69) is 24.0 Å². The van der Waals surface area contributed by atoms with E-state index in [1.165, 1.54) is 5.56 Å². The number of carbonyl (C=O) groups is 1. The van der Waals surface area contributed by atoms with Crippen molar-refractivity contribution in [1.29, 1.82) is 0 Å². The Hall–Kier alpha value is -2.14. The van der Waals surface area contributed by atoms with E-state index in [-0.39, 0.29) is 11.9 Å². The van der Waals surface area contributed by atoms with Gasteiger partial charge in [-0.2, -0.15) is 0 Å². The van der Waals surface area contributed by atoms with Gasteiger partial charge in [-0.25, -0.2) is 4.98 Å². The molecule has 0 spiro atoms. The molecule has 0 saturated carbocycles. The second-order valence-electron chi connectivity index (χ2n) is 5.78. The van der Waals surface area contributed by atoms with Crippen LogP contribution in [-0.2, 0) is 17.6 Å². The molecule has 112 valence electrons. The molecule has 1 aliphatic rings. The Balaban J connectivity index is 1.63. The highest BCUT2D eigenvalue weighted by Crippen LogP contribution is 2.31. The number of anilines is 1. The maximum absolute atomic E-state index is 12.8. The van der Waals surface area contributed by atoms with Crippen LogP contribution in [0.2, 0.25) is 0 Å². The van der Waals surface area contributed by atoms with Gasteiger partial charge in [0.2, 0.25) is 5.91 Å². The number of imidazole rings is 1. The molecule has 0 N–H and O–H groups in total. The molecule has 1 aliphatic heterocycles. The van der Waals surface area contributed by atoms with Crippen molar-refractivity contribution in [2.24, 2.45) is 0 Å². The van der Waals surface area contributed by atoms with Crippen LogP contribution in [-0.4, -0.2) is 21.3 Å². The second kappa shape index (κ2) is 5.25. The zero-order valence-corrected chi connectivity index (χ0v) is 13.2. The molecule has 2 aromatic heterocycles. The molecule has 3 aromatic rings. The molecular weight excluding hydrogens is 294 g/mol. The van der Waals surface area contributed by atoms with E-state index >= 15 is 0 Å². The monoisotopic (exact) mass is 311 g/mol. The van der Waals surface area contributed by atoms with E-state index in [4.69, 9.17) is 0 Å². The number of para-hydroxylation sites is 1. The number of benzene rings is 1. The van der Waals surface area contributed by atoms with E-state index in [1.807, 2.05) is 39.2 Å². The molecular formula is C17H17N3OS. The molecule has 0 fully saturated rings. The number of nitrogens with zero attached hydrogens (tertiary/aromatic N) is 3. The number of aromatic nitrogens is 2. The maximum atomic E-state index is 12.8. The summed E-state index contributed by atoms with van der Waals surface area (Å²) < 4.78 is 1.97.